The third-order valence-corrected chi connectivity index (χ3v) is 11.1. The fourth-order valence-corrected chi connectivity index (χ4v) is 8.46. The van der Waals surface area contributed by atoms with Crippen molar-refractivity contribution >= 4 is 38.9 Å². The molecule has 3 aromatic carbocycles. The number of halogens is 2. The number of nitrogen functional groups attached to an aromatic ring is 1. The van der Waals surface area contributed by atoms with Crippen molar-refractivity contribution in [3.8, 4) is 11.4 Å². The summed E-state index contributed by atoms with van der Waals surface area (Å²) in [6.45, 7) is 3.71. The number of nitrogens with two attached hydrogens (primary N) is 2. The molecule has 2 aliphatic heterocycles. The number of rotatable bonds is 10. The molecule has 1 atom stereocenters. The molecule has 0 aliphatic carbocycles. The van der Waals surface area contributed by atoms with Crippen LogP contribution in [-0.2, 0) is 18.7 Å². The second kappa shape index (κ2) is 14.1. The number of aliphatic hydroxyl groups is 1. The van der Waals surface area contributed by atoms with E-state index in [1.165, 1.54) is 40.8 Å². The van der Waals surface area contributed by atoms with Crippen LogP contribution in [0.4, 0.5) is 26.0 Å². The maximum Gasteiger partial charge on any atom is 0.298 e. The van der Waals surface area contributed by atoms with Crippen LogP contribution in [-0.4, -0.2) is 68.2 Å². The number of nitrogens with zero attached hydrogens (tertiary/aromatic N) is 6. The normalized spacial score (nSPS) is 18.6. The Bertz CT molecular complexity index is 2260. The first-order valence-corrected chi connectivity index (χ1v) is 18.1. The van der Waals surface area contributed by atoms with Gasteiger partial charge in [-0.05, 0) is 48.5 Å². The Hall–Kier alpha value is -5.22. The molecule has 0 amide bonds. The van der Waals surface area contributed by atoms with Gasteiger partial charge in [0.15, 0.2) is 11.4 Å². The molecule has 0 radical (unpaired) electrons. The molecule has 3 aromatic heterocycles. The molecule has 6 N–H and O–H groups in total. The average molecular weight is 728 g/mol. The lowest BCUT2D eigenvalue weighted by Crippen LogP contribution is -3.16. The van der Waals surface area contributed by atoms with E-state index in [0.717, 1.165) is 58.9 Å². The van der Waals surface area contributed by atoms with Crippen molar-refractivity contribution < 1.29 is 28.8 Å². The SMILES string of the molecule is Nc1nc2sc(C[NH2+]C3CC[NH+](C[C@@](O)(Cn4cncn4)c4ccc(F)cc4F)CC3)cc2n(-c2ccc3c(c2)N(c2ccccc2)CCO3)c1=O. The monoisotopic (exact) mass is 727 g/mol. The summed E-state index contributed by atoms with van der Waals surface area (Å²) in [6, 6.07) is 21.5. The summed E-state index contributed by atoms with van der Waals surface area (Å²) in [5.74, 6) is -0.789. The van der Waals surface area contributed by atoms with Crippen LogP contribution in [0.25, 0.3) is 16.0 Å². The molecule has 6 aromatic rings. The van der Waals surface area contributed by atoms with Crippen molar-refractivity contribution in [2.24, 2.45) is 0 Å². The third-order valence-electron chi connectivity index (χ3n) is 10.0. The van der Waals surface area contributed by atoms with Crippen LogP contribution in [0.2, 0.25) is 0 Å². The average Bonchev–Trinajstić information content (AvgIpc) is 3.81. The highest BCUT2D eigenvalue weighted by molar-refractivity contribution is 7.18. The van der Waals surface area contributed by atoms with Crippen LogP contribution >= 0.6 is 11.3 Å². The first kappa shape index (κ1) is 33.9. The molecule has 1 saturated heterocycles. The minimum Gasteiger partial charge on any atom is -0.490 e. The second-order valence-corrected chi connectivity index (χ2v) is 14.6. The Labute approximate surface area is 301 Å². The summed E-state index contributed by atoms with van der Waals surface area (Å²) in [5, 5.41) is 18.2. The van der Waals surface area contributed by atoms with E-state index in [4.69, 9.17) is 10.5 Å². The van der Waals surface area contributed by atoms with E-state index in [9.17, 15) is 18.7 Å². The van der Waals surface area contributed by atoms with Crippen LogP contribution in [0.1, 0.15) is 23.3 Å². The van der Waals surface area contributed by atoms with Crippen molar-refractivity contribution in [3.05, 3.63) is 118 Å². The molecule has 8 rings (SSSR count). The zero-order valence-electron chi connectivity index (χ0n) is 28.3. The van der Waals surface area contributed by atoms with Gasteiger partial charge in [0.05, 0.1) is 54.0 Å². The summed E-state index contributed by atoms with van der Waals surface area (Å²) in [5.41, 5.74) is 7.55. The molecule has 0 spiro atoms. The number of ether oxygens (including phenoxy) is 1. The van der Waals surface area contributed by atoms with Crippen LogP contribution in [0.3, 0.4) is 0 Å². The molecule has 15 heteroatoms. The van der Waals surface area contributed by atoms with Gasteiger partial charge >= 0.3 is 0 Å². The Morgan fingerprint density at radius 1 is 1.06 bits per heavy atom. The fraction of sp³-hybridized carbons (Fsp3) is 0.297. The van der Waals surface area contributed by atoms with Crippen LogP contribution in [0.5, 0.6) is 5.75 Å². The smallest absolute Gasteiger partial charge is 0.298 e. The molecule has 0 unspecified atom stereocenters. The number of likely N-dealkylation sites (tertiary alicyclic amines) is 1. The van der Waals surface area contributed by atoms with Gasteiger partial charge in [0, 0.05) is 30.2 Å². The van der Waals surface area contributed by atoms with Crippen LogP contribution in [0, 0.1) is 11.6 Å². The minimum absolute atomic E-state index is 0.00527. The van der Waals surface area contributed by atoms with Gasteiger partial charge in [0.2, 0.25) is 0 Å². The number of hydrogen-bond acceptors (Lipinski definition) is 9. The molecule has 2 aliphatic rings. The molecule has 12 nitrogen and oxygen atoms in total. The Morgan fingerprint density at radius 2 is 1.88 bits per heavy atom. The number of benzene rings is 3. The highest BCUT2D eigenvalue weighted by atomic mass is 32.1. The van der Waals surface area contributed by atoms with Crippen molar-refractivity contribution in [1.82, 2.24) is 24.3 Å². The molecule has 268 valence electrons. The standard InChI is InChI=1S/C37H37F2N9O3S/c38-24-6-8-29(30(39)16-24)37(50,21-46-23-41-22-43-46)20-45-12-10-25(11-13-45)42-19-28-18-32-35(52-28)44-34(40)36(49)48(32)27-7-9-33-31(17-27)47(14-15-51-33)26-4-2-1-3-5-26/h1-9,16-18,22-23,25,42,50H,10-15,19-21H2,(H2,40,44)/p+2/t37-/m1/s1. The predicted octanol–water partition coefficient (Wildman–Crippen LogP) is 2.13. The number of para-hydroxylation sites is 1. The number of nitrogens with one attached hydrogen (secondary N) is 1. The van der Waals surface area contributed by atoms with Crippen LogP contribution in [0.15, 0.2) is 90.2 Å². The molecule has 0 saturated carbocycles. The van der Waals surface area contributed by atoms with Crippen molar-refractivity contribution in [2.75, 3.05) is 43.4 Å². The van der Waals surface area contributed by atoms with Crippen molar-refractivity contribution in [1.29, 1.82) is 0 Å². The highest BCUT2D eigenvalue weighted by Gasteiger charge is 2.39. The van der Waals surface area contributed by atoms with Gasteiger partial charge in [-0.1, -0.05) is 18.2 Å². The quantitative estimate of drug-likeness (QED) is 0.168. The number of fused-ring (bicyclic) bond motifs is 2. The van der Waals surface area contributed by atoms with Crippen LogP contribution < -0.4 is 31.1 Å². The summed E-state index contributed by atoms with van der Waals surface area (Å²) in [4.78, 5) is 27.0. The van der Waals surface area contributed by atoms with Gasteiger partial charge in [-0.3, -0.25) is 9.36 Å². The summed E-state index contributed by atoms with van der Waals surface area (Å²) in [7, 11) is 0. The lowest BCUT2D eigenvalue weighted by Gasteiger charge is -2.35. The number of piperidine rings is 1. The van der Waals surface area contributed by atoms with E-state index >= 15 is 0 Å². The van der Waals surface area contributed by atoms with Gasteiger partial charge in [0.25, 0.3) is 5.56 Å². The maximum absolute atomic E-state index is 14.9. The maximum atomic E-state index is 14.9. The summed E-state index contributed by atoms with van der Waals surface area (Å²) >= 11 is 1.52. The Kier molecular flexibility index (Phi) is 9.17. The van der Waals surface area contributed by atoms with Gasteiger partial charge in [-0.2, -0.15) is 5.10 Å². The summed E-state index contributed by atoms with van der Waals surface area (Å²) < 4.78 is 37.8. The van der Waals surface area contributed by atoms with E-state index in [0.29, 0.717) is 41.8 Å². The molecule has 5 heterocycles. The first-order valence-electron chi connectivity index (χ1n) is 17.3. The fourth-order valence-electron chi connectivity index (χ4n) is 7.46. The van der Waals surface area contributed by atoms with Gasteiger partial charge in [0.1, 0.15) is 54.6 Å². The minimum atomic E-state index is -1.61. The zero-order valence-corrected chi connectivity index (χ0v) is 29.1. The van der Waals surface area contributed by atoms with E-state index in [1.54, 1.807) is 4.57 Å². The lowest BCUT2D eigenvalue weighted by molar-refractivity contribution is -0.920. The molecule has 1 fully saturated rings. The zero-order chi connectivity index (χ0) is 35.8. The van der Waals surface area contributed by atoms with E-state index in [-0.39, 0.29) is 30.0 Å². The number of quaternary nitrogens is 2. The number of anilines is 3. The molecule has 0 bridgehead atoms. The molecular weight excluding hydrogens is 689 g/mol. The largest absolute Gasteiger partial charge is 0.490 e. The molecular formula is C37H39F2N9O3S+2. The highest BCUT2D eigenvalue weighted by Crippen LogP contribution is 2.38. The summed E-state index contributed by atoms with van der Waals surface area (Å²) in [6.07, 6.45) is 4.60. The lowest BCUT2D eigenvalue weighted by atomic mass is 9.91. The van der Waals surface area contributed by atoms with Crippen molar-refractivity contribution in [3.63, 3.8) is 0 Å². The second-order valence-electron chi connectivity index (χ2n) is 13.5. The van der Waals surface area contributed by atoms with Gasteiger partial charge in [-0.25, -0.2) is 23.4 Å². The number of hydrogen-bond donors (Lipinski definition) is 4. The third kappa shape index (κ3) is 6.75. The van der Waals surface area contributed by atoms with E-state index in [1.807, 2.05) is 42.5 Å². The van der Waals surface area contributed by atoms with E-state index < -0.39 is 17.2 Å². The topological polar surface area (TPSA) is 145 Å². The van der Waals surface area contributed by atoms with Gasteiger partial charge < -0.3 is 30.7 Å². The number of thiophene rings is 1. The van der Waals surface area contributed by atoms with E-state index in [2.05, 4.69) is 37.4 Å². The molecule has 52 heavy (non-hydrogen) atoms. The van der Waals surface area contributed by atoms with Gasteiger partial charge in [-0.15, -0.1) is 11.3 Å². The first-order chi connectivity index (χ1) is 25.2. The predicted molar refractivity (Wildman–Crippen MR) is 193 cm³/mol. The number of aromatic nitrogens is 5. The van der Waals surface area contributed by atoms with Crippen molar-refractivity contribution in [2.45, 2.75) is 37.6 Å². The Balaban J connectivity index is 0.969. The Morgan fingerprint density at radius 3 is 2.65 bits per heavy atom.